The van der Waals surface area contributed by atoms with Crippen LogP contribution in [-0.4, -0.2) is 31.0 Å². The van der Waals surface area contributed by atoms with Crippen molar-refractivity contribution in [1.29, 1.82) is 0 Å². The van der Waals surface area contributed by atoms with Gasteiger partial charge in [0.05, 0.1) is 13.0 Å². The largest absolute Gasteiger partial charge is 0.497 e. The van der Waals surface area contributed by atoms with Crippen LogP contribution in [0.1, 0.15) is 18.4 Å². The van der Waals surface area contributed by atoms with Crippen molar-refractivity contribution in [3.63, 3.8) is 0 Å². The van der Waals surface area contributed by atoms with Gasteiger partial charge in [0.25, 0.3) is 0 Å². The average molecular weight is 437 g/mol. The summed E-state index contributed by atoms with van der Waals surface area (Å²) in [6.45, 7) is 1.33. The second-order valence-corrected chi connectivity index (χ2v) is 8.04. The second-order valence-electron chi connectivity index (χ2n) is 8.04. The first-order chi connectivity index (χ1) is 15.5. The number of carbonyl (C=O) groups is 1. The highest BCUT2D eigenvalue weighted by molar-refractivity contribution is 5.97. The SMILES string of the molecule is COc1ccc(-c2ccccc2NC(=O)[C@H]2CCCN(Cc3c(F)cccc3F)C2)cc1. The van der Waals surface area contributed by atoms with E-state index in [-0.39, 0.29) is 23.9 Å². The molecule has 1 N–H and O–H groups in total. The van der Waals surface area contributed by atoms with Crippen LogP contribution in [0.3, 0.4) is 0 Å². The van der Waals surface area contributed by atoms with E-state index in [4.69, 9.17) is 4.74 Å². The molecular weight excluding hydrogens is 410 g/mol. The lowest BCUT2D eigenvalue weighted by Gasteiger charge is -2.32. The van der Waals surface area contributed by atoms with Crippen LogP contribution in [0.15, 0.2) is 66.7 Å². The van der Waals surface area contributed by atoms with Gasteiger partial charge in [-0.05, 0) is 55.3 Å². The molecule has 0 bridgehead atoms. The number of likely N-dealkylation sites (tertiary alicyclic amines) is 1. The molecule has 1 amide bonds. The molecule has 0 aromatic heterocycles. The van der Waals surface area contributed by atoms with Gasteiger partial charge >= 0.3 is 0 Å². The highest BCUT2D eigenvalue weighted by atomic mass is 19.1. The molecule has 1 atom stereocenters. The molecule has 0 radical (unpaired) electrons. The van der Waals surface area contributed by atoms with E-state index in [2.05, 4.69) is 5.32 Å². The van der Waals surface area contributed by atoms with Crippen LogP contribution in [-0.2, 0) is 11.3 Å². The molecule has 6 heteroatoms. The quantitative estimate of drug-likeness (QED) is 0.556. The number of anilines is 1. The predicted molar refractivity (Wildman–Crippen MR) is 121 cm³/mol. The number of nitrogens with one attached hydrogen (secondary N) is 1. The molecule has 166 valence electrons. The first kappa shape index (κ1) is 22.0. The Morgan fingerprint density at radius 2 is 1.75 bits per heavy atom. The van der Waals surface area contributed by atoms with E-state index < -0.39 is 11.6 Å². The fourth-order valence-electron chi connectivity index (χ4n) is 4.17. The van der Waals surface area contributed by atoms with Crippen molar-refractivity contribution < 1.29 is 18.3 Å². The number of halogens is 2. The number of ether oxygens (including phenoxy) is 1. The van der Waals surface area contributed by atoms with Crippen molar-refractivity contribution in [3.05, 3.63) is 83.9 Å². The van der Waals surface area contributed by atoms with Crippen molar-refractivity contribution in [2.24, 2.45) is 5.92 Å². The topological polar surface area (TPSA) is 41.6 Å². The smallest absolute Gasteiger partial charge is 0.228 e. The molecule has 0 unspecified atom stereocenters. The normalized spacial score (nSPS) is 16.5. The lowest BCUT2D eigenvalue weighted by Crippen LogP contribution is -2.40. The summed E-state index contributed by atoms with van der Waals surface area (Å²) in [6.07, 6.45) is 1.54. The number of methoxy groups -OCH3 is 1. The molecule has 1 aliphatic heterocycles. The van der Waals surface area contributed by atoms with Crippen LogP contribution in [0, 0.1) is 17.6 Å². The maximum Gasteiger partial charge on any atom is 0.228 e. The summed E-state index contributed by atoms with van der Waals surface area (Å²) < 4.78 is 33.3. The van der Waals surface area contributed by atoms with Crippen LogP contribution in [0.4, 0.5) is 14.5 Å². The van der Waals surface area contributed by atoms with Gasteiger partial charge < -0.3 is 10.1 Å². The van der Waals surface area contributed by atoms with Crippen LogP contribution in [0.25, 0.3) is 11.1 Å². The minimum absolute atomic E-state index is 0.0541. The summed E-state index contributed by atoms with van der Waals surface area (Å²) in [5.74, 6) is -0.661. The van der Waals surface area contributed by atoms with Crippen molar-refractivity contribution in [2.45, 2.75) is 19.4 Å². The molecule has 0 aliphatic carbocycles. The molecule has 0 saturated carbocycles. The van der Waals surface area contributed by atoms with E-state index in [9.17, 15) is 13.6 Å². The van der Waals surface area contributed by atoms with E-state index >= 15 is 0 Å². The number of nitrogens with zero attached hydrogens (tertiary/aromatic N) is 1. The third-order valence-electron chi connectivity index (χ3n) is 5.91. The van der Waals surface area contributed by atoms with Crippen LogP contribution in [0.2, 0.25) is 0 Å². The minimum atomic E-state index is -0.551. The van der Waals surface area contributed by atoms with Gasteiger partial charge in [-0.3, -0.25) is 9.69 Å². The molecule has 1 heterocycles. The number of hydrogen-bond acceptors (Lipinski definition) is 3. The Morgan fingerprint density at radius 3 is 2.47 bits per heavy atom. The fraction of sp³-hybridized carbons (Fsp3) is 0.269. The highest BCUT2D eigenvalue weighted by Crippen LogP contribution is 2.30. The summed E-state index contributed by atoms with van der Waals surface area (Å²) >= 11 is 0. The van der Waals surface area contributed by atoms with Crippen molar-refractivity contribution in [2.75, 3.05) is 25.5 Å². The Hall–Kier alpha value is -3.25. The Morgan fingerprint density at radius 1 is 1.03 bits per heavy atom. The number of benzene rings is 3. The highest BCUT2D eigenvalue weighted by Gasteiger charge is 2.27. The first-order valence-electron chi connectivity index (χ1n) is 10.7. The van der Waals surface area contributed by atoms with Gasteiger partial charge in [-0.15, -0.1) is 0 Å². The van der Waals surface area contributed by atoms with E-state index in [0.29, 0.717) is 13.1 Å². The lowest BCUT2D eigenvalue weighted by molar-refractivity contribution is -0.121. The van der Waals surface area contributed by atoms with Gasteiger partial charge in [0.15, 0.2) is 0 Å². The number of para-hydroxylation sites is 1. The number of rotatable bonds is 6. The molecule has 0 spiro atoms. The van der Waals surface area contributed by atoms with Crippen LogP contribution in [0.5, 0.6) is 5.75 Å². The van der Waals surface area contributed by atoms with Crippen LogP contribution < -0.4 is 10.1 Å². The van der Waals surface area contributed by atoms with Crippen LogP contribution >= 0.6 is 0 Å². The molecule has 1 saturated heterocycles. The Kier molecular flexibility index (Phi) is 6.81. The van der Waals surface area contributed by atoms with E-state index in [0.717, 1.165) is 35.4 Å². The average Bonchev–Trinajstić information content (AvgIpc) is 2.82. The van der Waals surface area contributed by atoms with Crippen molar-refractivity contribution in [1.82, 2.24) is 4.90 Å². The molecule has 32 heavy (non-hydrogen) atoms. The zero-order valence-electron chi connectivity index (χ0n) is 18.0. The standard InChI is InChI=1S/C26H26F2N2O2/c1-32-20-13-11-18(12-14-20)21-7-2-3-10-25(21)29-26(31)19-6-5-15-30(16-19)17-22-23(27)8-4-9-24(22)28/h2-4,7-14,19H,5-6,15-17H2,1H3,(H,29,31)/t19-/m0/s1. The predicted octanol–water partition coefficient (Wildman–Crippen LogP) is 5.49. The van der Waals surface area contributed by atoms with Gasteiger partial charge in [-0.1, -0.05) is 36.4 Å². The van der Waals surface area contributed by atoms with Gasteiger partial charge in [-0.25, -0.2) is 8.78 Å². The Labute approximate surface area is 186 Å². The molecule has 4 nitrogen and oxygen atoms in total. The van der Waals surface area contributed by atoms with Gasteiger partial charge in [0.1, 0.15) is 17.4 Å². The van der Waals surface area contributed by atoms with Crippen molar-refractivity contribution >= 4 is 11.6 Å². The Balaban J connectivity index is 1.46. The number of amides is 1. The molecular formula is C26H26F2N2O2. The second kappa shape index (κ2) is 9.92. The minimum Gasteiger partial charge on any atom is -0.497 e. The maximum absolute atomic E-state index is 14.0. The Bertz CT molecular complexity index is 1070. The number of carbonyl (C=O) groups excluding carboxylic acids is 1. The third-order valence-corrected chi connectivity index (χ3v) is 5.91. The molecule has 3 aromatic carbocycles. The zero-order valence-corrected chi connectivity index (χ0v) is 18.0. The monoisotopic (exact) mass is 436 g/mol. The summed E-state index contributed by atoms with van der Waals surface area (Å²) in [5.41, 5.74) is 2.69. The van der Waals surface area contributed by atoms with E-state index in [1.807, 2.05) is 53.4 Å². The van der Waals surface area contributed by atoms with E-state index in [1.165, 1.54) is 18.2 Å². The lowest BCUT2D eigenvalue weighted by atomic mass is 9.96. The van der Waals surface area contributed by atoms with Gasteiger partial charge in [0, 0.05) is 29.9 Å². The zero-order chi connectivity index (χ0) is 22.5. The molecule has 4 rings (SSSR count). The summed E-state index contributed by atoms with van der Waals surface area (Å²) in [6, 6.07) is 19.2. The third kappa shape index (κ3) is 4.97. The fourth-order valence-corrected chi connectivity index (χ4v) is 4.17. The number of hydrogen-bond donors (Lipinski definition) is 1. The first-order valence-corrected chi connectivity index (χ1v) is 10.7. The summed E-state index contributed by atoms with van der Waals surface area (Å²) in [4.78, 5) is 15.0. The van der Waals surface area contributed by atoms with Gasteiger partial charge in [0.2, 0.25) is 5.91 Å². The van der Waals surface area contributed by atoms with Gasteiger partial charge in [-0.2, -0.15) is 0 Å². The molecule has 1 fully saturated rings. The van der Waals surface area contributed by atoms with E-state index in [1.54, 1.807) is 7.11 Å². The maximum atomic E-state index is 14.0. The molecule has 1 aliphatic rings. The molecule has 3 aromatic rings. The van der Waals surface area contributed by atoms with Crippen molar-refractivity contribution in [3.8, 4) is 16.9 Å². The number of piperidine rings is 1. The summed E-state index contributed by atoms with van der Waals surface area (Å²) in [5, 5.41) is 3.07. The summed E-state index contributed by atoms with van der Waals surface area (Å²) in [7, 11) is 1.62.